The van der Waals surface area contributed by atoms with E-state index in [1.807, 2.05) is 4.57 Å². The van der Waals surface area contributed by atoms with Crippen LogP contribution in [-0.2, 0) is 17.2 Å². The van der Waals surface area contributed by atoms with Gasteiger partial charge < -0.3 is 9.30 Å². The number of aromatic nitrogens is 2. The zero-order valence-electron chi connectivity index (χ0n) is 9.62. The molecule has 0 N–H and O–H groups in total. The van der Waals surface area contributed by atoms with Crippen LogP contribution in [0.1, 0.15) is 12.2 Å². The Hall–Kier alpha value is -1.13. The van der Waals surface area contributed by atoms with E-state index in [1.54, 1.807) is 13.2 Å². The van der Waals surface area contributed by atoms with E-state index in [2.05, 4.69) is 4.98 Å². The topological polar surface area (TPSA) is 27.1 Å². The van der Waals surface area contributed by atoms with Crippen molar-refractivity contribution < 1.29 is 9.13 Å². The largest absolute Gasteiger partial charge is 0.385 e. The van der Waals surface area contributed by atoms with E-state index < -0.39 is 0 Å². The molecule has 5 heteroatoms. The molecule has 1 aromatic carbocycles. The van der Waals surface area contributed by atoms with Crippen molar-refractivity contribution in [2.75, 3.05) is 13.7 Å². The van der Waals surface area contributed by atoms with E-state index in [0.29, 0.717) is 18.0 Å². The fraction of sp³-hybridized carbons (Fsp3) is 0.417. The number of nitrogens with zero attached hydrogens (tertiary/aromatic N) is 2. The van der Waals surface area contributed by atoms with Crippen LogP contribution >= 0.6 is 11.6 Å². The predicted molar refractivity (Wildman–Crippen MR) is 65.7 cm³/mol. The molecule has 1 aromatic heterocycles. The van der Waals surface area contributed by atoms with E-state index in [1.165, 1.54) is 12.1 Å². The molecule has 0 spiro atoms. The molecule has 1 heterocycles. The van der Waals surface area contributed by atoms with Gasteiger partial charge in [0.25, 0.3) is 0 Å². The van der Waals surface area contributed by atoms with Crippen LogP contribution in [0.2, 0.25) is 0 Å². The summed E-state index contributed by atoms with van der Waals surface area (Å²) in [6, 6.07) is 4.60. The number of aryl methyl sites for hydroxylation is 1. The van der Waals surface area contributed by atoms with E-state index in [-0.39, 0.29) is 5.82 Å². The van der Waals surface area contributed by atoms with Gasteiger partial charge in [0.05, 0.1) is 16.9 Å². The van der Waals surface area contributed by atoms with E-state index >= 15 is 0 Å². The predicted octanol–water partition coefficient (Wildman–Crippen LogP) is 2.95. The minimum Gasteiger partial charge on any atom is -0.385 e. The normalized spacial score (nSPS) is 11.2. The van der Waals surface area contributed by atoms with Gasteiger partial charge in [-0.3, -0.25) is 0 Å². The van der Waals surface area contributed by atoms with Gasteiger partial charge in [-0.05, 0) is 18.6 Å². The second-order valence-corrected chi connectivity index (χ2v) is 4.06. The highest BCUT2D eigenvalue weighted by molar-refractivity contribution is 6.16. The number of halogens is 2. The van der Waals surface area contributed by atoms with E-state index in [4.69, 9.17) is 16.3 Å². The third-order valence-corrected chi connectivity index (χ3v) is 2.88. The lowest BCUT2D eigenvalue weighted by Crippen LogP contribution is -2.04. The number of hydrogen-bond donors (Lipinski definition) is 0. The number of benzene rings is 1. The summed E-state index contributed by atoms with van der Waals surface area (Å²) in [5, 5.41) is 0. The first-order valence-corrected chi connectivity index (χ1v) is 5.99. The smallest absolute Gasteiger partial charge is 0.125 e. The molecule has 3 nitrogen and oxygen atoms in total. The number of methoxy groups -OCH3 is 1. The van der Waals surface area contributed by atoms with Crippen LogP contribution in [0.5, 0.6) is 0 Å². The first-order chi connectivity index (χ1) is 8.26. The van der Waals surface area contributed by atoms with Gasteiger partial charge in [0.2, 0.25) is 0 Å². The van der Waals surface area contributed by atoms with Crippen LogP contribution < -0.4 is 0 Å². The molecule has 0 bridgehead atoms. The van der Waals surface area contributed by atoms with Crippen molar-refractivity contribution in [3.63, 3.8) is 0 Å². The number of fused-ring (bicyclic) bond motifs is 1. The summed E-state index contributed by atoms with van der Waals surface area (Å²) in [6.45, 7) is 1.46. The minimum atomic E-state index is -0.278. The molecule has 2 aromatic rings. The lowest BCUT2D eigenvalue weighted by atomic mass is 10.3. The van der Waals surface area contributed by atoms with Crippen molar-refractivity contribution in [3.05, 3.63) is 29.8 Å². The Kier molecular flexibility index (Phi) is 3.97. The molecule has 0 unspecified atom stereocenters. The molecule has 0 aliphatic heterocycles. The molecule has 0 fully saturated rings. The van der Waals surface area contributed by atoms with Gasteiger partial charge >= 0.3 is 0 Å². The highest BCUT2D eigenvalue weighted by Gasteiger charge is 2.10. The SMILES string of the molecule is COCCCn1c(CCl)nc2cc(F)ccc21. The number of rotatable bonds is 5. The third-order valence-electron chi connectivity index (χ3n) is 2.64. The summed E-state index contributed by atoms with van der Waals surface area (Å²) < 4.78 is 20.1. The average Bonchev–Trinajstić information content (AvgIpc) is 2.67. The van der Waals surface area contributed by atoms with Crippen molar-refractivity contribution in [2.45, 2.75) is 18.8 Å². The van der Waals surface area contributed by atoms with Crippen LogP contribution in [0.25, 0.3) is 11.0 Å². The van der Waals surface area contributed by atoms with Gasteiger partial charge in [0, 0.05) is 26.3 Å². The maximum Gasteiger partial charge on any atom is 0.125 e. The number of hydrogen-bond acceptors (Lipinski definition) is 2. The molecular weight excluding hydrogens is 243 g/mol. The van der Waals surface area contributed by atoms with E-state index in [0.717, 1.165) is 24.3 Å². The first kappa shape index (κ1) is 12.3. The molecular formula is C12H14ClFN2O. The summed E-state index contributed by atoms with van der Waals surface area (Å²) in [7, 11) is 1.67. The molecule has 0 saturated heterocycles. The van der Waals surface area contributed by atoms with Crippen molar-refractivity contribution in [2.24, 2.45) is 0 Å². The van der Waals surface area contributed by atoms with Crippen LogP contribution in [0, 0.1) is 5.82 Å². The van der Waals surface area contributed by atoms with Crippen molar-refractivity contribution >= 4 is 22.6 Å². The molecule has 0 aliphatic rings. The highest BCUT2D eigenvalue weighted by atomic mass is 35.5. The van der Waals surface area contributed by atoms with E-state index in [9.17, 15) is 4.39 Å². The van der Waals surface area contributed by atoms with Gasteiger partial charge in [0.15, 0.2) is 0 Å². The maximum atomic E-state index is 13.1. The molecule has 0 amide bonds. The molecule has 0 aliphatic carbocycles. The van der Waals surface area contributed by atoms with Crippen molar-refractivity contribution in [3.8, 4) is 0 Å². The standard InChI is InChI=1S/C12H14ClFN2O/c1-17-6-2-5-16-11-4-3-9(14)7-10(11)15-12(16)8-13/h3-4,7H,2,5-6,8H2,1H3. The second kappa shape index (κ2) is 5.47. The lowest BCUT2D eigenvalue weighted by molar-refractivity contribution is 0.190. The minimum absolute atomic E-state index is 0.278. The zero-order chi connectivity index (χ0) is 12.3. The number of alkyl halides is 1. The summed E-state index contributed by atoms with van der Waals surface area (Å²) >= 11 is 5.85. The lowest BCUT2D eigenvalue weighted by Gasteiger charge is -2.06. The molecule has 0 saturated carbocycles. The summed E-state index contributed by atoms with van der Waals surface area (Å²) in [5.74, 6) is 0.812. The summed E-state index contributed by atoms with van der Waals surface area (Å²) in [4.78, 5) is 4.32. The Balaban J connectivity index is 2.36. The fourth-order valence-corrected chi connectivity index (χ4v) is 2.08. The monoisotopic (exact) mass is 256 g/mol. The third kappa shape index (κ3) is 2.58. The van der Waals surface area contributed by atoms with Crippen LogP contribution in [-0.4, -0.2) is 23.3 Å². The highest BCUT2D eigenvalue weighted by Crippen LogP contribution is 2.19. The van der Waals surface area contributed by atoms with Gasteiger partial charge in [0.1, 0.15) is 11.6 Å². The zero-order valence-corrected chi connectivity index (χ0v) is 10.4. The fourth-order valence-electron chi connectivity index (χ4n) is 1.87. The second-order valence-electron chi connectivity index (χ2n) is 3.79. The molecule has 92 valence electrons. The molecule has 0 radical (unpaired) electrons. The quantitative estimate of drug-likeness (QED) is 0.608. The van der Waals surface area contributed by atoms with Crippen LogP contribution in [0.15, 0.2) is 18.2 Å². The van der Waals surface area contributed by atoms with Gasteiger partial charge in [-0.15, -0.1) is 11.6 Å². The summed E-state index contributed by atoms with van der Waals surface area (Å²) in [5.41, 5.74) is 1.57. The Bertz CT molecular complexity index is 512. The maximum absolute atomic E-state index is 13.1. The molecule has 17 heavy (non-hydrogen) atoms. The molecule has 0 atom stereocenters. The van der Waals surface area contributed by atoms with Crippen molar-refractivity contribution in [1.82, 2.24) is 9.55 Å². The van der Waals surface area contributed by atoms with Gasteiger partial charge in [-0.25, -0.2) is 9.37 Å². The average molecular weight is 257 g/mol. The van der Waals surface area contributed by atoms with Crippen molar-refractivity contribution in [1.29, 1.82) is 0 Å². The van der Waals surface area contributed by atoms with Gasteiger partial charge in [-0.2, -0.15) is 0 Å². The Morgan fingerprint density at radius 1 is 1.47 bits per heavy atom. The Morgan fingerprint density at radius 3 is 3.00 bits per heavy atom. The Morgan fingerprint density at radius 2 is 2.29 bits per heavy atom. The Labute approximate surface area is 104 Å². The summed E-state index contributed by atoms with van der Waals surface area (Å²) in [6.07, 6.45) is 0.878. The van der Waals surface area contributed by atoms with Gasteiger partial charge in [-0.1, -0.05) is 0 Å². The number of imidazole rings is 1. The first-order valence-electron chi connectivity index (χ1n) is 5.46. The van der Waals surface area contributed by atoms with Crippen LogP contribution in [0.3, 0.4) is 0 Å². The molecule has 2 rings (SSSR count). The number of ether oxygens (including phenoxy) is 1. The van der Waals surface area contributed by atoms with Crippen LogP contribution in [0.4, 0.5) is 4.39 Å².